The molecule has 4 N–H and O–H groups in total. The van der Waals surface area contributed by atoms with Crippen LogP contribution in [0, 0.1) is 17.0 Å². The van der Waals surface area contributed by atoms with Gasteiger partial charge in [0.1, 0.15) is 0 Å². The summed E-state index contributed by atoms with van der Waals surface area (Å²) in [7, 11) is 1.28. The van der Waals surface area contributed by atoms with Crippen LogP contribution in [0.1, 0.15) is 42.7 Å². The highest BCUT2D eigenvalue weighted by atomic mass is 19.2. The quantitative estimate of drug-likeness (QED) is 0.348. The average Bonchev–Trinajstić information content (AvgIpc) is 3.33. The Labute approximate surface area is 213 Å². The zero-order valence-electron chi connectivity index (χ0n) is 21.2. The van der Waals surface area contributed by atoms with Crippen molar-refractivity contribution in [3.63, 3.8) is 0 Å². The number of benzene rings is 2. The van der Waals surface area contributed by atoms with Gasteiger partial charge < -0.3 is 21.1 Å². The molecule has 37 heavy (non-hydrogen) atoms. The lowest BCUT2D eigenvalue weighted by atomic mass is 9.91. The summed E-state index contributed by atoms with van der Waals surface area (Å²) in [5.41, 5.74) is 13.4. The number of primary amides is 1. The van der Waals surface area contributed by atoms with Gasteiger partial charge in [0.2, 0.25) is 11.7 Å². The summed E-state index contributed by atoms with van der Waals surface area (Å²) in [6, 6.07) is 9.70. The molecule has 0 spiro atoms. The van der Waals surface area contributed by atoms with Crippen molar-refractivity contribution in [2.75, 3.05) is 25.1 Å². The first-order chi connectivity index (χ1) is 17.6. The summed E-state index contributed by atoms with van der Waals surface area (Å²) in [4.78, 5) is 22.8. The summed E-state index contributed by atoms with van der Waals surface area (Å²) in [6.07, 6.45) is 4.74. The summed E-state index contributed by atoms with van der Waals surface area (Å²) < 4.78 is 36.0. The van der Waals surface area contributed by atoms with Crippen molar-refractivity contribution in [2.45, 2.75) is 26.8 Å². The number of hydrogen-bond acceptors (Lipinski definition) is 6. The predicted molar refractivity (Wildman–Crippen MR) is 138 cm³/mol. The van der Waals surface area contributed by atoms with Crippen LogP contribution in [0.3, 0.4) is 0 Å². The molecule has 2 aromatic carbocycles. The molecule has 0 aliphatic carbocycles. The molecule has 4 rings (SSSR count). The number of nitrogens with two attached hydrogens (primary N) is 2. The van der Waals surface area contributed by atoms with Gasteiger partial charge in [-0.05, 0) is 48.7 Å². The minimum Gasteiger partial charge on any atom is -0.494 e. The molecule has 4 aromatic rings. The van der Waals surface area contributed by atoms with E-state index in [2.05, 4.69) is 28.7 Å². The maximum Gasteiger partial charge on any atom is 0.248 e. The van der Waals surface area contributed by atoms with Gasteiger partial charge in [-0.15, -0.1) is 0 Å². The van der Waals surface area contributed by atoms with Crippen LogP contribution in [-0.2, 0) is 0 Å². The number of carbonyl (C=O) groups is 1. The fraction of sp³-hybridized carbons (Fsp3) is 0.296. The second kappa shape index (κ2) is 10.1. The molecule has 0 radical (unpaired) electrons. The van der Waals surface area contributed by atoms with E-state index in [1.165, 1.54) is 25.4 Å². The molecule has 194 valence electrons. The summed E-state index contributed by atoms with van der Waals surface area (Å²) in [5.74, 6) is -2.22. The number of aromatic nitrogens is 3. The van der Waals surface area contributed by atoms with E-state index < -0.39 is 17.5 Å². The maximum absolute atomic E-state index is 14.9. The molecule has 8 nitrogen and oxygen atoms in total. The molecule has 0 aliphatic heterocycles. The van der Waals surface area contributed by atoms with Crippen LogP contribution < -0.4 is 21.1 Å². The van der Waals surface area contributed by atoms with Gasteiger partial charge in [-0.3, -0.25) is 9.20 Å². The third-order valence-corrected chi connectivity index (χ3v) is 6.52. The van der Waals surface area contributed by atoms with Crippen molar-refractivity contribution in [1.29, 1.82) is 0 Å². The van der Waals surface area contributed by atoms with Crippen molar-refractivity contribution >= 4 is 17.4 Å². The standard InChI is InChI=1S/C27H30F2N6O2/c1-16(17-5-7-18(8-6-17)24(31)36)35(15-27(2,3)14-30)25-26-33-13-20(34(26)12-11-32-25)19-9-10-21(37-4)23(29)22(19)28/h5-13,16H,14-15,30H2,1-4H3,(H2,31,36). The van der Waals surface area contributed by atoms with Gasteiger partial charge in [0.25, 0.3) is 0 Å². The zero-order chi connectivity index (χ0) is 26.9. The minimum absolute atomic E-state index is 0.0480. The third kappa shape index (κ3) is 4.97. The molecular weight excluding hydrogens is 478 g/mol. The van der Waals surface area contributed by atoms with Crippen molar-refractivity contribution in [2.24, 2.45) is 16.9 Å². The number of nitrogens with zero attached hydrogens (tertiary/aromatic N) is 4. The molecule has 0 saturated heterocycles. The molecule has 1 unspecified atom stereocenters. The number of hydrogen-bond donors (Lipinski definition) is 2. The van der Waals surface area contributed by atoms with Gasteiger partial charge in [0.05, 0.1) is 25.0 Å². The molecule has 2 aromatic heterocycles. The Morgan fingerprint density at radius 2 is 1.84 bits per heavy atom. The number of fused-ring (bicyclic) bond motifs is 1. The SMILES string of the molecule is COc1ccc(-c2cnc3c(N(CC(C)(C)CN)C(C)c4ccc(C(N)=O)cc4)nccn23)c(F)c1F. The molecule has 1 amide bonds. The van der Waals surface area contributed by atoms with Gasteiger partial charge in [-0.1, -0.05) is 26.0 Å². The Morgan fingerprint density at radius 3 is 2.46 bits per heavy atom. The minimum atomic E-state index is -1.07. The van der Waals surface area contributed by atoms with Crippen LogP contribution in [0.2, 0.25) is 0 Å². The van der Waals surface area contributed by atoms with Crippen LogP contribution in [-0.4, -0.2) is 40.5 Å². The highest BCUT2D eigenvalue weighted by molar-refractivity contribution is 5.92. The fourth-order valence-corrected chi connectivity index (χ4v) is 4.22. The zero-order valence-corrected chi connectivity index (χ0v) is 21.2. The number of halogens is 2. The molecule has 0 fully saturated rings. The van der Waals surface area contributed by atoms with Crippen molar-refractivity contribution in [3.05, 3.63) is 77.8 Å². The van der Waals surface area contributed by atoms with Crippen molar-refractivity contribution < 1.29 is 18.3 Å². The van der Waals surface area contributed by atoms with E-state index in [0.29, 0.717) is 35.8 Å². The molecule has 2 heterocycles. The van der Waals surface area contributed by atoms with Gasteiger partial charge >= 0.3 is 0 Å². The molecule has 1 atom stereocenters. The van der Waals surface area contributed by atoms with Crippen LogP contribution in [0.15, 0.2) is 55.0 Å². The number of anilines is 1. The van der Waals surface area contributed by atoms with Gasteiger partial charge in [-0.25, -0.2) is 14.4 Å². The monoisotopic (exact) mass is 508 g/mol. The Morgan fingerprint density at radius 1 is 1.14 bits per heavy atom. The normalized spacial score (nSPS) is 12.5. The van der Waals surface area contributed by atoms with Gasteiger partial charge in [0, 0.05) is 30.1 Å². The topological polar surface area (TPSA) is 112 Å². The van der Waals surface area contributed by atoms with Crippen LogP contribution >= 0.6 is 0 Å². The average molecular weight is 509 g/mol. The first-order valence-electron chi connectivity index (χ1n) is 11.8. The number of carbonyl (C=O) groups excluding carboxylic acids is 1. The van der Waals surface area contributed by atoms with Crippen molar-refractivity contribution in [3.8, 4) is 17.0 Å². The Hall–Kier alpha value is -4.05. The van der Waals surface area contributed by atoms with Crippen LogP contribution in [0.4, 0.5) is 14.6 Å². The van der Waals surface area contributed by atoms with E-state index in [1.54, 1.807) is 28.9 Å². The number of imidazole rings is 1. The summed E-state index contributed by atoms with van der Waals surface area (Å²) >= 11 is 0. The highest BCUT2D eigenvalue weighted by Gasteiger charge is 2.28. The van der Waals surface area contributed by atoms with Gasteiger partial charge in [0.15, 0.2) is 23.0 Å². The molecule has 10 heteroatoms. The summed E-state index contributed by atoms with van der Waals surface area (Å²) in [6.45, 7) is 7.07. The Kier molecular flexibility index (Phi) is 7.13. The number of ether oxygens (including phenoxy) is 1. The summed E-state index contributed by atoms with van der Waals surface area (Å²) in [5, 5.41) is 0. The highest BCUT2D eigenvalue weighted by Crippen LogP contribution is 2.35. The predicted octanol–water partition coefficient (Wildman–Crippen LogP) is 4.33. The molecule has 0 saturated carbocycles. The number of methoxy groups -OCH3 is 1. The lowest BCUT2D eigenvalue weighted by Gasteiger charge is -2.37. The largest absolute Gasteiger partial charge is 0.494 e. The lowest BCUT2D eigenvalue weighted by Crippen LogP contribution is -2.40. The number of amides is 1. The van der Waals surface area contributed by atoms with Crippen molar-refractivity contribution in [1.82, 2.24) is 14.4 Å². The molecular formula is C27H30F2N6O2. The Bertz CT molecular complexity index is 1440. The maximum atomic E-state index is 14.9. The molecule has 0 bridgehead atoms. The first kappa shape index (κ1) is 26.0. The molecule has 0 aliphatic rings. The van der Waals surface area contributed by atoms with E-state index in [1.807, 2.05) is 19.1 Å². The third-order valence-electron chi connectivity index (χ3n) is 6.52. The van der Waals surface area contributed by atoms with E-state index in [0.717, 1.165) is 5.56 Å². The Balaban J connectivity index is 1.83. The first-order valence-corrected chi connectivity index (χ1v) is 11.8. The van der Waals surface area contributed by atoms with E-state index in [4.69, 9.17) is 16.2 Å². The van der Waals surface area contributed by atoms with E-state index >= 15 is 0 Å². The van der Waals surface area contributed by atoms with Crippen LogP contribution in [0.5, 0.6) is 5.75 Å². The lowest BCUT2D eigenvalue weighted by molar-refractivity contribution is 0.1000. The van der Waals surface area contributed by atoms with E-state index in [9.17, 15) is 13.6 Å². The smallest absolute Gasteiger partial charge is 0.248 e. The fourth-order valence-electron chi connectivity index (χ4n) is 4.22. The van der Waals surface area contributed by atoms with Crippen LogP contribution in [0.25, 0.3) is 16.9 Å². The second-order valence-electron chi connectivity index (χ2n) is 9.69. The van der Waals surface area contributed by atoms with Gasteiger partial charge in [-0.2, -0.15) is 4.39 Å². The number of rotatable bonds is 9. The van der Waals surface area contributed by atoms with E-state index in [-0.39, 0.29) is 22.8 Å². The second-order valence-corrected chi connectivity index (χ2v) is 9.69.